The molecule has 1 aliphatic rings. The minimum atomic E-state index is -3.50. The van der Waals surface area contributed by atoms with E-state index in [2.05, 4.69) is 20.5 Å². The first-order valence-corrected chi connectivity index (χ1v) is 11.6. The molecule has 1 aliphatic heterocycles. The number of fused-ring (bicyclic) bond motifs is 1. The van der Waals surface area contributed by atoms with Crippen LogP contribution in [0.4, 0.5) is 11.6 Å². The first-order valence-electron chi connectivity index (χ1n) is 9.96. The Balaban J connectivity index is 1.51. The number of benzene rings is 2. The number of nitrogens with one attached hydrogen (secondary N) is 2. The van der Waals surface area contributed by atoms with Crippen LogP contribution in [0.5, 0.6) is 0 Å². The Labute approximate surface area is 176 Å². The highest BCUT2D eigenvalue weighted by Crippen LogP contribution is 2.28. The number of carbonyl (C=O) groups is 1. The summed E-state index contributed by atoms with van der Waals surface area (Å²) in [6.45, 7) is 3.43. The molecule has 0 bridgehead atoms. The molecule has 156 valence electrons. The van der Waals surface area contributed by atoms with E-state index in [0.29, 0.717) is 5.82 Å². The van der Waals surface area contributed by atoms with E-state index in [0.717, 1.165) is 42.8 Å². The monoisotopic (exact) mass is 424 g/mol. The molecule has 0 unspecified atom stereocenters. The molecule has 1 fully saturated rings. The molecule has 7 nitrogen and oxygen atoms in total. The topological polar surface area (TPSA) is 91.4 Å². The third-order valence-corrected chi connectivity index (χ3v) is 6.84. The van der Waals surface area contributed by atoms with Gasteiger partial charge in [-0.05, 0) is 23.6 Å². The SMILES string of the molecule is O=C(CCS(=O)(=O)c1ccccc1)Nc1cc2ccccc2c(N2CCNCC2)n1. The number of hydrogen-bond donors (Lipinski definition) is 2. The summed E-state index contributed by atoms with van der Waals surface area (Å²) >= 11 is 0. The summed E-state index contributed by atoms with van der Waals surface area (Å²) in [5, 5.41) is 8.12. The predicted molar refractivity (Wildman–Crippen MR) is 119 cm³/mol. The molecule has 1 saturated heterocycles. The number of piperazine rings is 1. The van der Waals surface area contributed by atoms with Crippen molar-refractivity contribution in [3.8, 4) is 0 Å². The maximum atomic E-state index is 12.5. The largest absolute Gasteiger partial charge is 0.353 e. The van der Waals surface area contributed by atoms with Gasteiger partial charge < -0.3 is 15.5 Å². The van der Waals surface area contributed by atoms with Crippen LogP contribution in [0.25, 0.3) is 10.8 Å². The number of aromatic nitrogens is 1. The number of rotatable bonds is 6. The molecular formula is C22H24N4O3S. The van der Waals surface area contributed by atoms with Crippen molar-refractivity contribution in [3.05, 3.63) is 60.7 Å². The van der Waals surface area contributed by atoms with E-state index in [-0.39, 0.29) is 23.0 Å². The van der Waals surface area contributed by atoms with Crippen LogP contribution in [0.3, 0.4) is 0 Å². The second-order valence-corrected chi connectivity index (χ2v) is 9.33. The van der Waals surface area contributed by atoms with Crippen molar-refractivity contribution in [3.63, 3.8) is 0 Å². The van der Waals surface area contributed by atoms with Crippen molar-refractivity contribution in [1.82, 2.24) is 10.3 Å². The summed E-state index contributed by atoms with van der Waals surface area (Å²) in [6, 6.07) is 17.9. The molecule has 0 radical (unpaired) electrons. The zero-order valence-electron chi connectivity index (χ0n) is 16.5. The lowest BCUT2D eigenvalue weighted by Crippen LogP contribution is -2.44. The lowest BCUT2D eigenvalue weighted by Gasteiger charge is -2.29. The average Bonchev–Trinajstić information content (AvgIpc) is 2.78. The van der Waals surface area contributed by atoms with Crippen molar-refractivity contribution in [2.24, 2.45) is 0 Å². The Morgan fingerprint density at radius 2 is 1.73 bits per heavy atom. The van der Waals surface area contributed by atoms with E-state index >= 15 is 0 Å². The van der Waals surface area contributed by atoms with Crippen molar-refractivity contribution in [1.29, 1.82) is 0 Å². The standard InChI is InChI=1S/C22H24N4O3S/c27-21(10-15-30(28,29)18-7-2-1-3-8-18)24-20-16-17-6-4-5-9-19(17)22(25-20)26-13-11-23-12-14-26/h1-9,16,23H,10-15H2,(H,24,25,27). The molecule has 2 aromatic carbocycles. The van der Waals surface area contributed by atoms with E-state index in [4.69, 9.17) is 0 Å². The van der Waals surface area contributed by atoms with Gasteiger partial charge >= 0.3 is 0 Å². The molecule has 8 heteroatoms. The van der Waals surface area contributed by atoms with Crippen molar-refractivity contribution >= 4 is 38.2 Å². The smallest absolute Gasteiger partial charge is 0.226 e. The quantitative estimate of drug-likeness (QED) is 0.632. The van der Waals surface area contributed by atoms with E-state index in [1.807, 2.05) is 30.3 Å². The van der Waals surface area contributed by atoms with Gasteiger partial charge in [-0.3, -0.25) is 4.79 Å². The Morgan fingerprint density at radius 3 is 2.50 bits per heavy atom. The van der Waals surface area contributed by atoms with Crippen molar-refractivity contribution < 1.29 is 13.2 Å². The third kappa shape index (κ3) is 4.60. The number of hydrogen-bond acceptors (Lipinski definition) is 6. The van der Waals surface area contributed by atoms with Gasteiger partial charge in [-0.2, -0.15) is 0 Å². The number of carbonyl (C=O) groups excluding carboxylic acids is 1. The molecule has 1 amide bonds. The van der Waals surface area contributed by atoms with Crippen LogP contribution in [0, 0.1) is 0 Å². The van der Waals surface area contributed by atoms with Gasteiger partial charge in [-0.25, -0.2) is 13.4 Å². The molecule has 2 N–H and O–H groups in total. The van der Waals surface area contributed by atoms with Gasteiger partial charge in [0.2, 0.25) is 5.91 Å². The number of amides is 1. The van der Waals surface area contributed by atoms with Gasteiger partial charge in [0.25, 0.3) is 0 Å². The summed E-state index contributed by atoms with van der Waals surface area (Å²) < 4.78 is 24.8. The molecule has 3 aromatic rings. The summed E-state index contributed by atoms with van der Waals surface area (Å²) in [5.74, 6) is 0.649. The number of nitrogens with zero attached hydrogens (tertiary/aromatic N) is 2. The zero-order valence-corrected chi connectivity index (χ0v) is 17.4. The van der Waals surface area contributed by atoms with Crippen molar-refractivity contribution in [2.45, 2.75) is 11.3 Å². The highest BCUT2D eigenvalue weighted by atomic mass is 32.2. The van der Waals surface area contributed by atoms with Gasteiger partial charge in [-0.15, -0.1) is 0 Å². The first kappa shape index (κ1) is 20.3. The lowest BCUT2D eigenvalue weighted by atomic mass is 10.1. The van der Waals surface area contributed by atoms with Crippen LogP contribution in [0.15, 0.2) is 65.6 Å². The van der Waals surface area contributed by atoms with Crippen LogP contribution in [-0.2, 0) is 14.6 Å². The molecule has 0 atom stereocenters. The average molecular weight is 425 g/mol. The Morgan fingerprint density at radius 1 is 1.03 bits per heavy atom. The molecule has 0 aliphatic carbocycles. The number of sulfone groups is 1. The highest BCUT2D eigenvalue weighted by molar-refractivity contribution is 7.91. The predicted octanol–water partition coefficient (Wildman–Crippen LogP) is 2.45. The van der Waals surface area contributed by atoms with Gasteiger partial charge in [0, 0.05) is 38.0 Å². The van der Waals surface area contributed by atoms with Gasteiger partial charge in [0.15, 0.2) is 9.84 Å². The van der Waals surface area contributed by atoms with Gasteiger partial charge in [-0.1, -0.05) is 42.5 Å². The Hall–Kier alpha value is -2.97. The molecule has 2 heterocycles. The van der Waals surface area contributed by atoms with Gasteiger partial charge in [0.05, 0.1) is 10.6 Å². The fraction of sp³-hybridized carbons (Fsp3) is 0.273. The molecule has 30 heavy (non-hydrogen) atoms. The Kier molecular flexibility index (Phi) is 5.96. The molecule has 0 saturated carbocycles. The fourth-order valence-electron chi connectivity index (χ4n) is 3.54. The van der Waals surface area contributed by atoms with Crippen molar-refractivity contribution in [2.75, 3.05) is 42.1 Å². The summed E-state index contributed by atoms with van der Waals surface area (Å²) in [4.78, 5) is 19.6. The summed E-state index contributed by atoms with van der Waals surface area (Å²) in [7, 11) is -3.50. The van der Waals surface area contributed by atoms with Gasteiger partial charge in [0.1, 0.15) is 11.6 Å². The minimum absolute atomic E-state index is 0.130. The lowest BCUT2D eigenvalue weighted by molar-refractivity contribution is -0.115. The zero-order chi connectivity index (χ0) is 21.0. The number of anilines is 2. The van der Waals surface area contributed by atoms with E-state index in [9.17, 15) is 13.2 Å². The fourth-order valence-corrected chi connectivity index (χ4v) is 4.80. The van der Waals surface area contributed by atoms with Crippen LogP contribution in [-0.4, -0.2) is 51.2 Å². The van der Waals surface area contributed by atoms with E-state index < -0.39 is 9.84 Å². The highest BCUT2D eigenvalue weighted by Gasteiger charge is 2.19. The van der Waals surface area contributed by atoms with Crippen LogP contribution in [0.2, 0.25) is 0 Å². The molecule has 0 spiro atoms. The third-order valence-electron chi connectivity index (χ3n) is 5.10. The van der Waals surface area contributed by atoms with Crippen LogP contribution >= 0.6 is 0 Å². The van der Waals surface area contributed by atoms with Crippen LogP contribution in [0.1, 0.15) is 6.42 Å². The van der Waals surface area contributed by atoms with E-state index in [1.165, 1.54) is 12.1 Å². The summed E-state index contributed by atoms with van der Waals surface area (Å²) in [6.07, 6.45) is -0.130. The second kappa shape index (κ2) is 8.81. The normalized spacial score (nSPS) is 14.6. The number of pyridine rings is 1. The molecular weight excluding hydrogens is 400 g/mol. The molecule has 4 rings (SSSR count). The second-order valence-electron chi connectivity index (χ2n) is 7.22. The Bertz CT molecular complexity index is 1140. The molecule has 1 aromatic heterocycles. The first-order chi connectivity index (χ1) is 14.5. The minimum Gasteiger partial charge on any atom is -0.353 e. The summed E-state index contributed by atoms with van der Waals surface area (Å²) in [5.41, 5.74) is 0. The van der Waals surface area contributed by atoms with E-state index in [1.54, 1.807) is 18.2 Å². The maximum absolute atomic E-state index is 12.5. The van der Waals surface area contributed by atoms with Crippen LogP contribution < -0.4 is 15.5 Å². The maximum Gasteiger partial charge on any atom is 0.226 e.